The SMILES string of the molecule is CCCCC=C[Si](C)(C)O[Si](C)(C)CCCCCCC[Si](Cl)Cl. The Hall–Kier alpha value is 0.931. The number of rotatable bonds is 14. The van der Waals surface area contributed by atoms with Crippen LogP contribution in [0.5, 0.6) is 0 Å². The first kappa shape index (κ1) is 23.9. The predicted octanol–water partition coefficient (Wildman–Crippen LogP) is 7.62. The van der Waals surface area contributed by atoms with E-state index in [2.05, 4.69) is 44.9 Å². The second kappa shape index (κ2) is 13.2. The van der Waals surface area contributed by atoms with E-state index in [0.717, 1.165) is 6.04 Å². The number of allylic oxidation sites excluding steroid dienone is 1. The van der Waals surface area contributed by atoms with E-state index >= 15 is 0 Å². The summed E-state index contributed by atoms with van der Waals surface area (Å²) in [6, 6.07) is 2.31. The molecule has 0 saturated heterocycles. The summed E-state index contributed by atoms with van der Waals surface area (Å²) < 4.78 is 6.62. The molecule has 0 heterocycles. The van der Waals surface area contributed by atoms with Crippen molar-refractivity contribution in [2.45, 2.75) is 96.6 Å². The average molecular weight is 413 g/mol. The Morgan fingerprint density at radius 2 is 1.52 bits per heavy atom. The lowest BCUT2D eigenvalue weighted by Gasteiger charge is -2.32. The molecule has 137 valence electrons. The van der Waals surface area contributed by atoms with Gasteiger partial charge in [0.05, 0.1) is 0 Å². The first-order valence-corrected chi connectivity index (χ1v) is 19.1. The molecule has 0 aromatic rings. The maximum Gasteiger partial charge on any atom is 0.273 e. The fourth-order valence-electron chi connectivity index (χ4n) is 2.83. The minimum absolute atomic E-state index is 1.03. The molecule has 0 aromatic heterocycles. The van der Waals surface area contributed by atoms with Crippen LogP contribution in [0.3, 0.4) is 0 Å². The summed E-state index contributed by atoms with van der Waals surface area (Å²) in [4.78, 5) is 0. The quantitative estimate of drug-likeness (QED) is 0.162. The zero-order valence-corrected chi connectivity index (χ0v) is 20.4. The second-order valence-electron chi connectivity index (χ2n) is 7.62. The van der Waals surface area contributed by atoms with E-state index in [9.17, 15) is 0 Å². The molecule has 0 N–H and O–H groups in total. The van der Waals surface area contributed by atoms with Crippen LogP contribution in [0.25, 0.3) is 0 Å². The summed E-state index contributed by atoms with van der Waals surface area (Å²) >= 11 is 11.7. The van der Waals surface area contributed by atoms with Crippen molar-refractivity contribution in [2.24, 2.45) is 0 Å². The van der Waals surface area contributed by atoms with Crippen LogP contribution < -0.4 is 0 Å². The minimum Gasteiger partial charge on any atom is -0.453 e. The standard InChI is InChI=1S/C17H37Cl2OSi3/c1-6-7-8-13-16-22(2,3)20-23(4,5)17-14-11-9-10-12-15-21(18)19/h13,16H,6-12,14-15,17H2,1-5H3. The molecular formula is C17H37Cl2OSi3. The van der Waals surface area contributed by atoms with Crippen molar-refractivity contribution in [3.8, 4) is 0 Å². The molecule has 0 bridgehead atoms. The van der Waals surface area contributed by atoms with Gasteiger partial charge >= 0.3 is 0 Å². The maximum atomic E-state index is 6.62. The van der Waals surface area contributed by atoms with Crippen molar-refractivity contribution < 1.29 is 4.12 Å². The Kier molecular flexibility index (Phi) is 13.7. The van der Waals surface area contributed by atoms with Gasteiger partial charge in [-0.1, -0.05) is 63.6 Å². The molecular weight excluding hydrogens is 375 g/mol. The lowest BCUT2D eigenvalue weighted by molar-refractivity contribution is 0.542. The summed E-state index contributed by atoms with van der Waals surface area (Å²) in [5.74, 6) is 0. The molecule has 0 aliphatic carbocycles. The van der Waals surface area contributed by atoms with Crippen LogP contribution in [-0.2, 0) is 4.12 Å². The van der Waals surface area contributed by atoms with Gasteiger partial charge in [0.1, 0.15) is 0 Å². The molecule has 0 saturated carbocycles. The number of unbranched alkanes of at least 4 members (excludes halogenated alkanes) is 6. The van der Waals surface area contributed by atoms with Gasteiger partial charge in [0.15, 0.2) is 16.6 Å². The first-order chi connectivity index (χ1) is 10.7. The molecule has 23 heavy (non-hydrogen) atoms. The van der Waals surface area contributed by atoms with Gasteiger partial charge in [-0.05, 0) is 44.7 Å². The van der Waals surface area contributed by atoms with Crippen molar-refractivity contribution in [3.63, 3.8) is 0 Å². The van der Waals surface area contributed by atoms with Gasteiger partial charge in [0, 0.05) is 0 Å². The Morgan fingerprint density at radius 3 is 2.13 bits per heavy atom. The van der Waals surface area contributed by atoms with Gasteiger partial charge in [0.2, 0.25) is 0 Å². The average Bonchev–Trinajstić information content (AvgIpc) is 2.41. The van der Waals surface area contributed by atoms with E-state index in [1.54, 1.807) is 0 Å². The lowest BCUT2D eigenvalue weighted by atomic mass is 10.2. The predicted molar refractivity (Wildman–Crippen MR) is 115 cm³/mol. The summed E-state index contributed by atoms with van der Waals surface area (Å²) in [5, 5.41) is 0. The third-order valence-corrected chi connectivity index (χ3v) is 12.7. The Balaban J connectivity index is 3.91. The third kappa shape index (κ3) is 16.2. The molecule has 1 radical (unpaired) electrons. The normalized spacial score (nSPS) is 13.4. The van der Waals surface area contributed by atoms with E-state index in [-0.39, 0.29) is 0 Å². The first-order valence-electron chi connectivity index (χ1n) is 9.23. The topological polar surface area (TPSA) is 9.23 Å². The van der Waals surface area contributed by atoms with Gasteiger partial charge in [-0.15, -0.1) is 22.2 Å². The number of hydrogen-bond donors (Lipinski definition) is 0. The van der Waals surface area contributed by atoms with Gasteiger partial charge < -0.3 is 4.12 Å². The summed E-state index contributed by atoms with van der Waals surface area (Å²) in [6.45, 7) is 11.7. The van der Waals surface area contributed by atoms with Crippen molar-refractivity contribution in [1.82, 2.24) is 0 Å². The van der Waals surface area contributed by atoms with E-state index < -0.39 is 24.1 Å². The Labute approximate surface area is 158 Å². The van der Waals surface area contributed by atoms with Gasteiger partial charge in [-0.2, -0.15) is 0 Å². The summed E-state index contributed by atoms with van der Waals surface area (Å²) in [5.41, 5.74) is 2.40. The van der Waals surface area contributed by atoms with E-state index in [1.165, 1.54) is 57.4 Å². The fraction of sp³-hybridized carbons (Fsp3) is 0.882. The maximum absolute atomic E-state index is 6.62. The molecule has 0 atom stereocenters. The zero-order valence-electron chi connectivity index (χ0n) is 15.9. The molecule has 0 amide bonds. The van der Waals surface area contributed by atoms with E-state index in [0.29, 0.717) is 0 Å². The largest absolute Gasteiger partial charge is 0.453 e. The lowest BCUT2D eigenvalue weighted by Crippen LogP contribution is -2.43. The number of hydrogen-bond acceptors (Lipinski definition) is 1. The molecule has 0 aliphatic heterocycles. The molecule has 0 aromatic carbocycles. The van der Waals surface area contributed by atoms with Crippen LogP contribution in [0.15, 0.2) is 11.8 Å². The van der Waals surface area contributed by atoms with Crippen LogP contribution >= 0.6 is 22.2 Å². The Bertz CT molecular complexity index is 321. The summed E-state index contributed by atoms with van der Waals surface area (Å²) in [6.07, 6.45) is 12.5. The number of halogens is 2. The molecule has 0 fully saturated rings. The zero-order chi connectivity index (χ0) is 17.8. The van der Waals surface area contributed by atoms with Crippen LogP contribution in [0.2, 0.25) is 38.3 Å². The third-order valence-electron chi connectivity index (χ3n) is 3.93. The van der Waals surface area contributed by atoms with Crippen molar-refractivity contribution in [2.75, 3.05) is 0 Å². The van der Waals surface area contributed by atoms with Crippen LogP contribution in [0, 0.1) is 0 Å². The van der Waals surface area contributed by atoms with Gasteiger partial charge in [-0.25, -0.2) is 0 Å². The van der Waals surface area contributed by atoms with Crippen LogP contribution in [-0.4, -0.2) is 24.1 Å². The fourth-order valence-corrected chi connectivity index (χ4v) is 12.4. The van der Waals surface area contributed by atoms with Crippen molar-refractivity contribution in [3.05, 3.63) is 11.8 Å². The highest BCUT2D eigenvalue weighted by atomic mass is 35.7. The molecule has 0 unspecified atom stereocenters. The highest BCUT2D eigenvalue weighted by Gasteiger charge is 2.30. The van der Waals surface area contributed by atoms with E-state index in [1.807, 2.05) is 0 Å². The van der Waals surface area contributed by atoms with Crippen molar-refractivity contribution >= 4 is 46.2 Å². The highest BCUT2D eigenvalue weighted by molar-refractivity contribution is 7.33. The smallest absolute Gasteiger partial charge is 0.273 e. The van der Waals surface area contributed by atoms with Crippen molar-refractivity contribution in [1.29, 1.82) is 0 Å². The molecule has 0 aliphatic rings. The summed E-state index contributed by atoms with van der Waals surface area (Å²) in [7, 11) is -4.20. The monoisotopic (exact) mass is 411 g/mol. The molecule has 1 nitrogen and oxygen atoms in total. The Morgan fingerprint density at radius 1 is 0.913 bits per heavy atom. The molecule has 0 rings (SSSR count). The van der Waals surface area contributed by atoms with E-state index in [4.69, 9.17) is 26.3 Å². The van der Waals surface area contributed by atoms with Gasteiger partial charge in [-0.3, -0.25) is 0 Å². The molecule has 0 spiro atoms. The van der Waals surface area contributed by atoms with Crippen LogP contribution in [0.1, 0.15) is 58.3 Å². The highest BCUT2D eigenvalue weighted by Crippen LogP contribution is 2.23. The van der Waals surface area contributed by atoms with Gasteiger partial charge in [0.25, 0.3) is 7.42 Å². The second-order valence-corrected chi connectivity index (χ2v) is 20.5. The minimum atomic E-state index is -1.63. The molecule has 6 heteroatoms. The van der Waals surface area contributed by atoms with Crippen LogP contribution in [0.4, 0.5) is 0 Å².